The van der Waals surface area contributed by atoms with E-state index in [0.717, 1.165) is 80.2 Å². The van der Waals surface area contributed by atoms with Gasteiger partial charge in [-0.3, -0.25) is 9.48 Å². The zero-order chi connectivity index (χ0) is 31.9. The number of hydrogen-bond donors (Lipinski definition) is 1. The Morgan fingerprint density at radius 2 is 1.74 bits per heavy atom. The molecule has 2 aromatic carbocycles. The third-order valence-electron chi connectivity index (χ3n) is 11.6. The van der Waals surface area contributed by atoms with E-state index in [-0.39, 0.29) is 0 Å². The first-order valence-electron chi connectivity index (χ1n) is 17.4. The van der Waals surface area contributed by atoms with Crippen molar-refractivity contribution in [3.8, 4) is 16.9 Å². The minimum atomic E-state index is -1.40. The molecular weight excluding hydrogens is 576 g/mol. The van der Waals surface area contributed by atoms with Crippen LogP contribution in [0.4, 0.5) is 4.79 Å². The van der Waals surface area contributed by atoms with E-state index in [1.54, 1.807) is 12.0 Å². The molecule has 4 fully saturated rings. The van der Waals surface area contributed by atoms with Crippen molar-refractivity contribution in [3.05, 3.63) is 71.5 Å². The lowest BCUT2D eigenvalue weighted by Gasteiger charge is -2.53. The zero-order valence-electron chi connectivity index (χ0n) is 27.4. The number of aromatic nitrogens is 2. The predicted octanol–water partition coefficient (Wildman–Crippen LogP) is 7.44. The van der Waals surface area contributed by atoms with Crippen molar-refractivity contribution in [3.63, 3.8) is 0 Å². The van der Waals surface area contributed by atoms with Gasteiger partial charge in [-0.25, -0.2) is 4.79 Å². The number of nitrogens with two attached hydrogens (primary N) is 1. The molecule has 4 aliphatic rings. The number of rotatable bonds is 9. The summed E-state index contributed by atoms with van der Waals surface area (Å²) in [7, 11) is 1.72. The van der Waals surface area contributed by atoms with Crippen molar-refractivity contribution >= 4 is 12.0 Å². The van der Waals surface area contributed by atoms with Crippen LogP contribution in [0.2, 0.25) is 0 Å². The largest absolute Gasteiger partial charge is 0.496 e. The molecule has 8 nitrogen and oxygen atoms in total. The van der Waals surface area contributed by atoms with Gasteiger partial charge in [0.2, 0.25) is 5.60 Å². The molecule has 46 heavy (non-hydrogen) atoms. The quantitative estimate of drug-likeness (QED) is 0.267. The highest BCUT2D eigenvalue weighted by atomic mass is 16.6. The highest BCUT2D eigenvalue weighted by Gasteiger charge is 2.61. The molecule has 1 aliphatic heterocycles. The maximum Gasteiger partial charge on any atom is 0.410 e. The van der Waals surface area contributed by atoms with Crippen LogP contribution in [0.15, 0.2) is 54.9 Å². The molecule has 0 bridgehead atoms. The highest BCUT2D eigenvalue weighted by molar-refractivity contribution is 5.89. The average molecular weight is 625 g/mol. The van der Waals surface area contributed by atoms with Crippen LogP contribution in [0.1, 0.15) is 106 Å². The molecular formula is C38H48N4O4. The molecule has 3 saturated carbocycles. The van der Waals surface area contributed by atoms with Gasteiger partial charge in [-0.1, -0.05) is 42.8 Å². The molecule has 244 valence electrons. The number of hydrogen-bond acceptors (Lipinski definition) is 5. The van der Waals surface area contributed by atoms with E-state index in [4.69, 9.17) is 15.2 Å². The number of carbonyl (C=O) groups excluding carboxylic acids is 2. The maximum atomic E-state index is 13.8. The van der Waals surface area contributed by atoms with Gasteiger partial charge in [0, 0.05) is 30.3 Å². The van der Waals surface area contributed by atoms with Crippen LogP contribution in [0.5, 0.6) is 5.75 Å². The van der Waals surface area contributed by atoms with Crippen LogP contribution < -0.4 is 10.5 Å². The SMILES string of the molecule is COc1ccc([C@H]2CC[C@H](CC3(c4cccc(-c5cnn(C6CC6)c5)c4)CCCCC3(OC(=O)N3CCC3)C(N)=O)CC2)cc1C. The van der Waals surface area contributed by atoms with Gasteiger partial charge in [-0.15, -0.1) is 0 Å². The zero-order valence-corrected chi connectivity index (χ0v) is 27.4. The minimum Gasteiger partial charge on any atom is -0.496 e. The fourth-order valence-electron chi connectivity index (χ4n) is 8.65. The number of primary amides is 1. The second kappa shape index (κ2) is 12.4. The Bertz CT molecular complexity index is 1580. The van der Waals surface area contributed by atoms with Gasteiger partial charge in [0.15, 0.2) is 0 Å². The summed E-state index contributed by atoms with van der Waals surface area (Å²) in [6.45, 7) is 3.43. The van der Waals surface area contributed by atoms with Crippen molar-refractivity contribution in [2.75, 3.05) is 20.2 Å². The van der Waals surface area contributed by atoms with Crippen molar-refractivity contribution in [1.29, 1.82) is 0 Å². The Balaban J connectivity index is 1.23. The molecule has 2 heterocycles. The van der Waals surface area contributed by atoms with Crippen LogP contribution in [0, 0.1) is 12.8 Å². The lowest BCUT2D eigenvalue weighted by Crippen LogP contribution is -2.65. The molecule has 3 aromatic rings. The van der Waals surface area contributed by atoms with Crippen LogP contribution >= 0.6 is 0 Å². The Morgan fingerprint density at radius 3 is 2.41 bits per heavy atom. The summed E-state index contributed by atoms with van der Waals surface area (Å²) < 4.78 is 14.0. The Kier molecular flexibility index (Phi) is 8.32. The summed E-state index contributed by atoms with van der Waals surface area (Å²) in [4.78, 5) is 29.1. The number of carbonyl (C=O) groups is 2. The number of benzene rings is 2. The minimum absolute atomic E-state index is 0.386. The van der Waals surface area contributed by atoms with E-state index in [2.05, 4.69) is 65.4 Å². The normalized spacial score (nSPS) is 27.9. The molecule has 3 aliphatic carbocycles. The first-order chi connectivity index (χ1) is 22.3. The molecule has 2 atom stereocenters. The fourth-order valence-corrected chi connectivity index (χ4v) is 8.65. The van der Waals surface area contributed by atoms with Gasteiger partial charge < -0.3 is 20.1 Å². The van der Waals surface area contributed by atoms with Crippen molar-refractivity contribution in [2.24, 2.45) is 11.7 Å². The number of methoxy groups -OCH3 is 1. The van der Waals surface area contributed by atoms with E-state index < -0.39 is 23.0 Å². The standard InChI is InChI=1S/C38H48N4O4/c1-26-21-30(13-16-34(26)45-2)28-11-9-27(10-12-28)23-37(17-3-4-18-38(37,35(39)43)46-36(44)41-19-6-20-41)32-8-5-7-29(22-32)31-24-40-42(25-31)33-14-15-33/h5,7-8,13,16,21-22,24-25,27-28,33H,3-4,6,9-12,14-15,17-20,23H2,1-2H3,(H2,39,43)/t27-,28-,37?,38?. The van der Waals surface area contributed by atoms with Crippen LogP contribution in [0.25, 0.3) is 11.1 Å². The predicted molar refractivity (Wildman–Crippen MR) is 178 cm³/mol. The first-order valence-corrected chi connectivity index (χ1v) is 17.4. The van der Waals surface area contributed by atoms with E-state index in [9.17, 15) is 9.59 Å². The molecule has 2 unspecified atom stereocenters. The third kappa shape index (κ3) is 5.58. The smallest absolute Gasteiger partial charge is 0.410 e. The highest BCUT2D eigenvalue weighted by Crippen LogP contribution is 2.55. The lowest BCUT2D eigenvalue weighted by molar-refractivity contribution is -0.156. The van der Waals surface area contributed by atoms with E-state index in [1.165, 1.54) is 24.0 Å². The summed E-state index contributed by atoms with van der Waals surface area (Å²) in [6, 6.07) is 15.6. The lowest BCUT2D eigenvalue weighted by atomic mass is 9.54. The molecule has 2 N–H and O–H groups in total. The first kappa shape index (κ1) is 30.8. The van der Waals surface area contributed by atoms with Crippen molar-refractivity contribution in [1.82, 2.24) is 14.7 Å². The van der Waals surface area contributed by atoms with Crippen LogP contribution in [-0.4, -0.2) is 52.5 Å². The number of amides is 2. The van der Waals surface area contributed by atoms with Crippen molar-refractivity contribution in [2.45, 2.75) is 107 Å². The van der Waals surface area contributed by atoms with E-state index in [0.29, 0.717) is 37.4 Å². The number of likely N-dealkylation sites (tertiary alicyclic amines) is 1. The Labute approximate surface area is 272 Å². The molecule has 2 amide bonds. The summed E-state index contributed by atoms with van der Waals surface area (Å²) in [6.07, 6.45) is 15.0. The van der Waals surface area contributed by atoms with Gasteiger partial charge >= 0.3 is 6.09 Å². The van der Waals surface area contributed by atoms with E-state index >= 15 is 0 Å². The second-order valence-corrected chi connectivity index (χ2v) is 14.4. The Morgan fingerprint density at radius 1 is 0.957 bits per heavy atom. The summed E-state index contributed by atoms with van der Waals surface area (Å²) in [5.41, 5.74) is 10.0. The molecule has 0 spiro atoms. The fraction of sp³-hybridized carbons (Fsp3) is 0.553. The molecule has 1 aromatic heterocycles. The summed E-state index contributed by atoms with van der Waals surface area (Å²) in [5, 5.41) is 4.65. The molecule has 0 radical (unpaired) electrons. The topological polar surface area (TPSA) is 99.7 Å². The third-order valence-corrected chi connectivity index (χ3v) is 11.6. The second-order valence-electron chi connectivity index (χ2n) is 14.4. The number of ether oxygens (including phenoxy) is 2. The van der Waals surface area contributed by atoms with Crippen LogP contribution in [-0.2, 0) is 14.9 Å². The van der Waals surface area contributed by atoms with Gasteiger partial charge in [0.05, 0.1) is 19.3 Å². The number of nitrogens with zero attached hydrogens (tertiary/aromatic N) is 3. The monoisotopic (exact) mass is 624 g/mol. The summed E-state index contributed by atoms with van der Waals surface area (Å²) in [5.74, 6) is 1.29. The molecule has 1 saturated heterocycles. The van der Waals surface area contributed by atoms with Crippen LogP contribution in [0.3, 0.4) is 0 Å². The molecule has 7 rings (SSSR count). The van der Waals surface area contributed by atoms with Gasteiger partial charge in [-0.05, 0) is 118 Å². The van der Waals surface area contributed by atoms with Gasteiger partial charge in [0.1, 0.15) is 5.75 Å². The number of aryl methyl sites for hydroxylation is 1. The van der Waals surface area contributed by atoms with E-state index in [1.807, 2.05) is 6.20 Å². The van der Waals surface area contributed by atoms with Gasteiger partial charge in [0.25, 0.3) is 5.91 Å². The Hall–Kier alpha value is -3.81. The maximum absolute atomic E-state index is 13.8. The summed E-state index contributed by atoms with van der Waals surface area (Å²) >= 11 is 0. The van der Waals surface area contributed by atoms with Crippen molar-refractivity contribution < 1.29 is 19.1 Å². The molecule has 8 heteroatoms. The average Bonchev–Trinajstić information content (AvgIpc) is 3.77. The van der Waals surface area contributed by atoms with Gasteiger partial charge in [-0.2, -0.15) is 5.10 Å².